The summed E-state index contributed by atoms with van der Waals surface area (Å²) in [5, 5.41) is 0. The van der Waals surface area contributed by atoms with Crippen molar-refractivity contribution in [2.75, 3.05) is 19.8 Å². The van der Waals surface area contributed by atoms with Crippen LogP contribution < -0.4 is 0 Å². The van der Waals surface area contributed by atoms with Crippen LogP contribution in [0.5, 0.6) is 0 Å². The molecule has 2 heteroatoms. The summed E-state index contributed by atoms with van der Waals surface area (Å²) in [7, 11) is 0. The Morgan fingerprint density at radius 1 is 1.11 bits per heavy atom. The molecule has 2 aliphatic carbocycles. The van der Waals surface area contributed by atoms with E-state index in [0.717, 1.165) is 31.7 Å². The van der Waals surface area contributed by atoms with Gasteiger partial charge in [0.05, 0.1) is 13.2 Å². The van der Waals surface area contributed by atoms with E-state index < -0.39 is 0 Å². The molecule has 3 atom stereocenters. The monoisotopic (exact) mass is 252 g/mol. The molecule has 3 unspecified atom stereocenters. The molecule has 0 aromatic carbocycles. The lowest BCUT2D eigenvalue weighted by molar-refractivity contribution is 0.113. The van der Waals surface area contributed by atoms with Crippen LogP contribution in [0.25, 0.3) is 0 Å². The van der Waals surface area contributed by atoms with Crippen molar-refractivity contribution < 1.29 is 9.47 Å². The maximum absolute atomic E-state index is 5.38. The van der Waals surface area contributed by atoms with Gasteiger partial charge in [0, 0.05) is 6.61 Å². The maximum atomic E-state index is 5.38. The number of hydrogen-bond acceptors (Lipinski definition) is 2. The lowest BCUT2D eigenvalue weighted by Gasteiger charge is -2.00. The topological polar surface area (TPSA) is 21.8 Å². The molecule has 0 spiro atoms. The van der Waals surface area contributed by atoms with Crippen LogP contribution in [0, 0.1) is 11.8 Å². The first-order valence-electron chi connectivity index (χ1n) is 7.76. The fraction of sp³-hybridized carbons (Fsp3) is 0.875. The Hall–Kier alpha value is -0.340. The Morgan fingerprint density at radius 3 is 2.28 bits per heavy atom. The molecule has 104 valence electrons. The van der Waals surface area contributed by atoms with E-state index in [2.05, 4.69) is 19.1 Å². The highest BCUT2D eigenvalue weighted by Crippen LogP contribution is 2.38. The first kappa shape index (κ1) is 14.1. The first-order chi connectivity index (χ1) is 8.88. The molecule has 1 heterocycles. The Bertz CT molecular complexity index is 233. The van der Waals surface area contributed by atoms with Gasteiger partial charge in [0.2, 0.25) is 0 Å². The minimum Gasteiger partial charge on any atom is -0.379 e. The summed E-state index contributed by atoms with van der Waals surface area (Å²) in [6, 6.07) is 0. The molecule has 1 saturated heterocycles. The Morgan fingerprint density at radius 2 is 1.83 bits per heavy atom. The van der Waals surface area contributed by atoms with Crippen LogP contribution in [-0.2, 0) is 9.47 Å². The van der Waals surface area contributed by atoms with E-state index in [1.54, 1.807) is 0 Å². The van der Waals surface area contributed by atoms with E-state index in [1.807, 2.05) is 0 Å². The van der Waals surface area contributed by atoms with Gasteiger partial charge in [-0.1, -0.05) is 38.3 Å². The SMILES string of the molecule is C1=CC2CCC1C2.CCCCCCOCC1CO1. The van der Waals surface area contributed by atoms with E-state index >= 15 is 0 Å². The standard InChI is InChI=1S/C9H18O2.C7H10/c1-2-3-4-5-6-10-7-9-8-11-9;1-2-7-4-3-6(1)5-7/h9H,2-8H2,1H3;1-2,6-7H,3-5H2. The second-order valence-electron chi connectivity index (χ2n) is 5.81. The third-order valence-corrected chi connectivity index (χ3v) is 4.02. The van der Waals surface area contributed by atoms with Crippen LogP contribution in [0.3, 0.4) is 0 Å². The number of epoxide rings is 1. The van der Waals surface area contributed by atoms with Crippen molar-refractivity contribution in [3.8, 4) is 0 Å². The van der Waals surface area contributed by atoms with E-state index in [9.17, 15) is 0 Å². The van der Waals surface area contributed by atoms with E-state index in [1.165, 1.54) is 44.9 Å². The van der Waals surface area contributed by atoms with Crippen LogP contribution in [0.15, 0.2) is 12.2 Å². The van der Waals surface area contributed by atoms with Crippen molar-refractivity contribution in [1.82, 2.24) is 0 Å². The summed E-state index contributed by atoms with van der Waals surface area (Å²) in [6.07, 6.45) is 14.8. The summed E-state index contributed by atoms with van der Waals surface area (Å²) in [4.78, 5) is 0. The average molecular weight is 252 g/mol. The molecule has 0 aromatic heterocycles. The van der Waals surface area contributed by atoms with E-state index in [4.69, 9.17) is 9.47 Å². The molecule has 0 amide bonds. The molecule has 0 N–H and O–H groups in total. The van der Waals surface area contributed by atoms with E-state index in [0.29, 0.717) is 6.10 Å². The van der Waals surface area contributed by atoms with Crippen LogP contribution >= 0.6 is 0 Å². The van der Waals surface area contributed by atoms with Gasteiger partial charge in [0.1, 0.15) is 6.10 Å². The van der Waals surface area contributed by atoms with Crippen LogP contribution in [-0.4, -0.2) is 25.9 Å². The molecule has 1 saturated carbocycles. The van der Waals surface area contributed by atoms with Gasteiger partial charge in [0.25, 0.3) is 0 Å². The van der Waals surface area contributed by atoms with Crippen molar-refractivity contribution in [2.24, 2.45) is 11.8 Å². The van der Waals surface area contributed by atoms with E-state index in [-0.39, 0.29) is 0 Å². The summed E-state index contributed by atoms with van der Waals surface area (Å²) in [6.45, 7) is 4.86. The summed E-state index contributed by atoms with van der Waals surface area (Å²) < 4.78 is 10.4. The fourth-order valence-electron chi connectivity index (χ4n) is 2.73. The van der Waals surface area contributed by atoms with Gasteiger partial charge in [-0.25, -0.2) is 0 Å². The number of ether oxygens (including phenoxy) is 2. The third-order valence-electron chi connectivity index (χ3n) is 4.02. The van der Waals surface area contributed by atoms with Crippen LogP contribution in [0.1, 0.15) is 51.9 Å². The zero-order valence-corrected chi connectivity index (χ0v) is 11.8. The molecular weight excluding hydrogens is 224 g/mol. The van der Waals surface area contributed by atoms with Crippen LogP contribution in [0.4, 0.5) is 0 Å². The van der Waals surface area contributed by atoms with Gasteiger partial charge in [0.15, 0.2) is 0 Å². The molecule has 2 nitrogen and oxygen atoms in total. The number of rotatable bonds is 7. The Kier molecular flexibility index (Phi) is 6.22. The second kappa shape index (κ2) is 7.96. The van der Waals surface area contributed by atoms with Gasteiger partial charge in [-0.2, -0.15) is 0 Å². The normalized spacial score (nSPS) is 31.3. The zero-order chi connectivity index (χ0) is 12.6. The molecule has 2 fully saturated rings. The number of hydrogen-bond donors (Lipinski definition) is 0. The molecule has 1 aliphatic heterocycles. The predicted molar refractivity (Wildman–Crippen MR) is 74.7 cm³/mol. The Labute approximate surface area is 112 Å². The Balaban J connectivity index is 0.000000146. The summed E-state index contributed by atoms with van der Waals surface area (Å²) in [5.41, 5.74) is 0. The van der Waals surface area contributed by atoms with Gasteiger partial charge in [-0.3, -0.25) is 0 Å². The lowest BCUT2D eigenvalue weighted by atomic mass is 10.1. The van der Waals surface area contributed by atoms with Crippen LogP contribution in [0.2, 0.25) is 0 Å². The number of allylic oxidation sites excluding steroid dienone is 2. The van der Waals surface area contributed by atoms with Crippen molar-refractivity contribution in [1.29, 1.82) is 0 Å². The van der Waals surface area contributed by atoms with Crippen molar-refractivity contribution >= 4 is 0 Å². The van der Waals surface area contributed by atoms with Gasteiger partial charge in [-0.15, -0.1) is 0 Å². The summed E-state index contributed by atoms with van der Waals surface area (Å²) in [5.74, 6) is 1.98. The fourth-order valence-corrected chi connectivity index (χ4v) is 2.73. The lowest BCUT2D eigenvalue weighted by Crippen LogP contribution is -2.02. The highest BCUT2D eigenvalue weighted by atomic mass is 16.6. The quantitative estimate of drug-likeness (QED) is 0.389. The zero-order valence-electron chi connectivity index (χ0n) is 11.8. The molecule has 18 heavy (non-hydrogen) atoms. The predicted octanol–water partition coefficient (Wildman–Crippen LogP) is 3.95. The number of unbranched alkanes of at least 4 members (excludes halogenated alkanes) is 3. The van der Waals surface area contributed by atoms with Gasteiger partial charge < -0.3 is 9.47 Å². The molecule has 3 aliphatic rings. The van der Waals surface area contributed by atoms with Crippen molar-refractivity contribution in [3.63, 3.8) is 0 Å². The average Bonchev–Trinajstić information content (AvgIpc) is 2.96. The first-order valence-corrected chi connectivity index (χ1v) is 7.76. The maximum Gasteiger partial charge on any atom is 0.104 e. The highest BCUT2D eigenvalue weighted by molar-refractivity contribution is 5.06. The summed E-state index contributed by atoms with van der Waals surface area (Å²) >= 11 is 0. The largest absolute Gasteiger partial charge is 0.379 e. The molecular formula is C16H28O2. The van der Waals surface area contributed by atoms with Crippen molar-refractivity contribution in [2.45, 2.75) is 58.0 Å². The molecule has 2 bridgehead atoms. The minimum atomic E-state index is 0.432. The molecule has 0 radical (unpaired) electrons. The number of fused-ring (bicyclic) bond motifs is 2. The van der Waals surface area contributed by atoms with Gasteiger partial charge >= 0.3 is 0 Å². The third kappa shape index (κ3) is 5.53. The van der Waals surface area contributed by atoms with Gasteiger partial charge in [-0.05, 0) is 37.5 Å². The smallest absolute Gasteiger partial charge is 0.104 e. The second-order valence-corrected chi connectivity index (χ2v) is 5.81. The molecule has 0 aromatic rings. The van der Waals surface area contributed by atoms with Crippen molar-refractivity contribution in [3.05, 3.63) is 12.2 Å². The highest BCUT2D eigenvalue weighted by Gasteiger charge is 2.25. The minimum absolute atomic E-state index is 0.432. The molecule has 3 rings (SSSR count).